The Balaban J connectivity index is 1.39. The Morgan fingerprint density at radius 1 is 1.21 bits per heavy atom. The number of nitrogens with two attached hydrogens (primary N) is 1. The minimum Gasteiger partial charge on any atom is -0.366 e. The molecule has 4 rings (SSSR count). The van der Waals surface area contributed by atoms with Crippen LogP contribution in [0.3, 0.4) is 0 Å². The van der Waals surface area contributed by atoms with E-state index >= 15 is 0 Å². The fraction of sp³-hybridized carbons (Fsp3) is 0.286. The number of aromatic nitrogens is 2. The maximum atomic E-state index is 13.9. The molecule has 8 nitrogen and oxygen atoms in total. The van der Waals surface area contributed by atoms with Crippen LogP contribution < -0.4 is 21.7 Å². The van der Waals surface area contributed by atoms with Crippen molar-refractivity contribution >= 4 is 46.5 Å². The summed E-state index contributed by atoms with van der Waals surface area (Å²) in [6.45, 7) is 5.65. The highest BCUT2D eigenvalue weighted by Crippen LogP contribution is 2.35. The summed E-state index contributed by atoms with van der Waals surface area (Å²) < 4.78 is 15.9. The van der Waals surface area contributed by atoms with Gasteiger partial charge in [-0.15, -0.1) is 0 Å². The number of anilines is 1. The average molecular weight is 535 g/mol. The maximum Gasteiger partial charge on any atom is 0.256 e. The molecule has 0 radical (unpaired) electrons. The molecule has 5 N–H and O–H groups in total. The first-order valence-electron chi connectivity index (χ1n) is 12.5. The van der Waals surface area contributed by atoms with Crippen LogP contribution in [-0.2, 0) is 17.9 Å². The molecule has 1 aromatic carbocycles. The van der Waals surface area contributed by atoms with Gasteiger partial charge < -0.3 is 26.3 Å². The number of nitrogens with zero attached hydrogens (tertiary/aromatic N) is 2. The van der Waals surface area contributed by atoms with Crippen LogP contribution in [0.25, 0.3) is 11.6 Å². The van der Waals surface area contributed by atoms with Gasteiger partial charge >= 0.3 is 0 Å². The third-order valence-electron chi connectivity index (χ3n) is 6.63. The second-order valence-corrected chi connectivity index (χ2v) is 9.63. The number of benzene rings is 1. The van der Waals surface area contributed by atoms with Gasteiger partial charge in [0.25, 0.3) is 11.8 Å². The van der Waals surface area contributed by atoms with Crippen molar-refractivity contribution in [2.45, 2.75) is 46.2 Å². The summed E-state index contributed by atoms with van der Waals surface area (Å²) in [4.78, 5) is 29.0. The van der Waals surface area contributed by atoms with Crippen LogP contribution in [0, 0.1) is 19.7 Å². The Labute approximate surface area is 226 Å². The first-order valence-corrected chi connectivity index (χ1v) is 12.9. The number of amides is 2. The number of rotatable bonds is 10. The quantitative estimate of drug-likeness (QED) is 0.177. The molecule has 0 fully saturated rings. The number of pyridine rings is 1. The van der Waals surface area contributed by atoms with E-state index in [-0.39, 0.29) is 5.91 Å². The number of carbonyl (C=O) groups is 2. The summed E-state index contributed by atoms with van der Waals surface area (Å²) in [6.07, 6.45) is 7.93. The van der Waals surface area contributed by atoms with Crippen molar-refractivity contribution in [1.29, 1.82) is 0 Å². The molecule has 2 amide bonds. The molecule has 0 bridgehead atoms. The van der Waals surface area contributed by atoms with E-state index in [1.807, 2.05) is 30.5 Å². The summed E-state index contributed by atoms with van der Waals surface area (Å²) in [7, 11) is 0. The normalized spacial score (nSPS) is 13.3. The van der Waals surface area contributed by atoms with Crippen molar-refractivity contribution in [2.24, 2.45) is 5.73 Å². The van der Waals surface area contributed by atoms with Gasteiger partial charge in [0.1, 0.15) is 5.82 Å². The molecule has 1 aliphatic rings. The van der Waals surface area contributed by atoms with E-state index in [2.05, 4.69) is 20.9 Å². The lowest BCUT2D eigenvalue weighted by Crippen LogP contribution is -2.35. The van der Waals surface area contributed by atoms with E-state index < -0.39 is 11.7 Å². The Hall–Kier alpha value is -4.05. The molecule has 3 heterocycles. The number of fused-ring (bicyclic) bond motifs is 1. The minimum absolute atomic E-state index is 0.310. The van der Waals surface area contributed by atoms with E-state index in [4.69, 9.17) is 18.0 Å². The molecule has 2 aromatic heterocycles. The third kappa shape index (κ3) is 6.08. The van der Waals surface area contributed by atoms with Gasteiger partial charge in [-0.1, -0.05) is 6.07 Å². The van der Waals surface area contributed by atoms with Crippen LogP contribution in [-0.4, -0.2) is 33.0 Å². The second-order valence-electron chi connectivity index (χ2n) is 9.22. The van der Waals surface area contributed by atoms with Crippen LogP contribution in [0.4, 0.5) is 10.1 Å². The van der Waals surface area contributed by atoms with Gasteiger partial charge in [0.2, 0.25) is 0 Å². The summed E-state index contributed by atoms with van der Waals surface area (Å²) >= 11 is 5.34. The standard InChI is InChI=1S/C28H31FN6O2S/c1-17-24(14-22-21-13-20(29)8-9-23(21)34-27(22)37)35(18(2)25(17)26(30)36)12-5-3-4-11-32-28(38)33-16-19-7-6-10-31-15-19/h6-10,13-15H,3-5,11-12,16H2,1-2H3,(H2,30,36)(H,34,37)(H2,32,33,38)/b22-14-. The first kappa shape index (κ1) is 27.0. The molecule has 38 heavy (non-hydrogen) atoms. The smallest absolute Gasteiger partial charge is 0.256 e. The Morgan fingerprint density at radius 3 is 2.76 bits per heavy atom. The molecule has 0 atom stereocenters. The summed E-state index contributed by atoms with van der Waals surface area (Å²) in [5.74, 6) is -1.25. The molecule has 0 aliphatic carbocycles. The van der Waals surface area contributed by atoms with Crippen molar-refractivity contribution in [1.82, 2.24) is 20.2 Å². The molecular formula is C28H31FN6O2S. The van der Waals surface area contributed by atoms with Gasteiger partial charge in [0.05, 0.1) is 11.1 Å². The topological polar surface area (TPSA) is 114 Å². The van der Waals surface area contributed by atoms with Crippen LogP contribution in [0.15, 0.2) is 42.7 Å². The molecule has 198 valence electrons. The number of primary amides is 1. The second kappa shape index (κ2) is 12.0. The highest BCUT2D eigenvalue weighted by atomic mass is 32.1. The van der Waals surface area contributed by atoms with Gasteiger partial charge in [0.15, 0.2) is 5.11 Å². The van der Waals surface area contributed by atoms with Gasteiger partial charge in [-0.3, -0.25) is 14.6 Å². The van der Waals surface area contributed by atoms with E-state index in [0.29, 0.717) is 46.2 Å². The molecule has 10 heteroatoms. The lowest BCUT2D eigenvalue weighted by molar-refractivity contribution is -0.110. The molecule has 0 saturated heterocycles. The van der Waals surface area contributed by atoms with Crippen LogP contribution in [0.2, 0.25) is 0 Å². The lowest BCUT2D eigenvalue weighted by atomic mass is 10.0. The Kier molecular flexibility index (Phi) is 8.52. The molecule has 0 unspecified atom stereocenters. The number of hydrogen-bond acceptors (Lipinski definition) is 4. The lowest BCUT2D eigenvalue weighted by Gasteiger charge is -2.12. The summed E-state index contributed by atoms with van der Waals surface area (Å²) in [5, 5.41) is 9.75. The predicted octanol–water partition coefficient (Wildman–Crippen LogP) is 4.07. The predicted molar refractivity (Wildman–Crippen MR) is 151 cm³/mol. The number of nitrogens with one attached hydrogen (secondary N) is 3. The largest absolute Gasteiger partial charge is 0.366 e. The fourth-order valence-electron chi connectivity index (χ4n) is 4.72. The number of unbranched alkanes of at least 4 members (excludes halogenated alkanes) is 2. The van der Waals surface area contributed by atoms with E-state index in [1.54, 1.807) is 24.5 Å². The average Bonchev–Trinajstić information content (AvgIpc) is 3.32. The number of hydrogen-bond donors (Lipinski definition) is 4. The number of halogens is 1. The monoisotopic (exact) mass is 534 g/mol. The van der Waals surface area contributed by atoms with Gasteiger partial charge in [0, 0.05) is 54.7 Å². The van der Waals surface area contributed by atoms with Crippen molar-refractivity contribution < 1.29 is 14.0 Å². The minimum atomic E-state index is -0.516. The van der Waals surface area contributed by atoms with Gasteiger partial charge in [-0.25, -0.2) is 4.39 Å². The van der Waals surface area contributed by atoms with Crippen LogP contribution in [0.5, 0.6) is 0 Å². The zero-order chi connectivity index (χ0) is 27.2. The zero-order valence-corrected chi connectivity index (χ0v) is 22.3. The zero-order valence-electron chi connectivity index (χ0n) is 21.4. The SMILES string of the molecule is Cc1c(C(N)=O)c(C)n(CCCCCNC(=S)NCc2cccnc2)c1/C=C1\C(=O)Nc2ccc(F)cc21. The number of thiocarbonyl (C=S) groups is 1. The summed E-state index contributed by atoms with van der Waals surface area (Å²) in [6, 6.07) is 8.06. The summed E-state index contributed by atoms with van der Waals surface area (Å²) in [5.41, 5.74) is 10.8. The van der Waals surface area contributed by atoms with Crippen LogP contribution >= 0.6 is 12.2 Å². The highest BCUT2D eigenvalue weighted by Gasteiger charge is 2.27. The van der Waals surface area contributed by atoms with E-state index in [0.717, 1.165) is 42.8 Å². The Bertz CT molecular complexity index is 1400. The van der Waals surface area contributed by atoms with Crippen molar-refractivity contribution in [3.8, 4) is 0 Å². The fourth-order valence-corrected chi connectivity index (χ4v) is 4.89. The molecule has 0 spiro atoms. The first-order chi connectivity index (χ1) is 18.3. The molecule has 1 aliphatic heterocycles. The third-order valence-corrected chi connectivity index (χ3v) is 6.92. The van der Waals surface area contributed by atoms with E-state index in [1.165, 1.54) is 12.1 Å². The van der Waals surface area contributed by atoms with Crippen molar-refractivity contribution in [3.63, 3.8) is 0 Å². The Morgan fingerprint density at radius 2 is 2.03 bits per heavy atom. The van der Waals surface area contributed by atoms with Gasteiger partial charge in [-0.2, -0.15) is 0 Å². The molecule has 0 saturated carbocycles. The maximum absolute atomic E-state index is 13.9. The van der Waals surface area contributed by atoms with Crippen molar-refractivity contribution in [3.05, 3.63) is 82.2 Å². The van der Waals surface area contributed by atoms with Gasteiger partial charge in [-0.05, 0) is 86.8 Å². The molecular weight excluding hydrogens is 503 g/mol. The van der Waals surface area contributed by atoms with Crippen LogP contribution in [0.1, 0.15) is 57.7 Å². The van der Waals surface area contributed by atoms with Crippen molar-refractivity contribution in [2.75, 3.05) is 11.9 Å². The number of carbonyl (C=O) groups excluding carboxylic acids is 2. The van der Waals surface area contributed by atoms with E-state index in [9.17, 15) is 14.0 Å². The molecule has 3 aromatic rings. The highest BCUT2D eigenvalue weighted by molar-refractivity contribution is 7.80.